The SMILES string of the molecule is COc1ccc(NC(=O)CSC2=Nc3ccccc3N=C(c3ccc(Cl)cc3)C2)cc1. The number of halogens is 1. The number of para-hydroxylation sites is 2. The Balaban J connectivity index is 1.49. The number of nitrogens with zero attached hydrogens (tertiary/aromatic N) is 2. The molecule has 0 aromatic heterocycles. The molecule has 4 rings (SSSR count). The van der Waals surface area contributed by atoms with Crippen LogP contribution in [0.3, 0.4) is 0 Å². The molecule has 1 N–H and O–H groups in total. The van der Waals surface area contributed by atoms with E-state index in [4.69, 9.17) is 26.3 Å². The van der Waals surface area contributed by atoms with Crippen molar-refractivity contribution >= 4 is 57.1 Å². The van der Waals surface area contributed by atoms with Crippen LogP contribution in [-0.4, -0.2) is 29.5 Å². The fourth-order valence-electron chi connectivity index (χ4n) is 3.07. The monoisotopic (exact) mass is 449 g/mol. The van der Waals surface area contributed by atoms with Crippen LogP contribution >= 0.6 is 23.4 Å². The van der Waals surface area contributed by atoms with Gasteiger partial charge in [0.05, 0.1) is 35.0 Å². The number of carbonyl (C=O) groups excluding carboxylic acids is 1. The van der Waals surface area contributed by atoms with E-state index < -0.39 is 0 Å². The van der Waals surface area contributed by atoms with E-state index in [9.17, 15) is 4.79 Å². The number of benzene rings is 3. The number of methoxy groups -OCH3 is 1. The highest BCUT2D eigenvalue weighted by atomic mass is 35.5. The number of aliphatic imine (C=N–C) groups is 2. The van der Waals surface area contributed by atoms with Crippen LogP contribution in [0.4, 0.5) is 17.1 Å². The van der Waals surface area contributed by atoms with Crippen LogP contribution in [0.15, 0.2) is 82.8 Å². The lowest BCUT2D eigenvalue weighted by Crippen LogP contribution is -2.16. The molecule has 0 aliphatic carbocycles. The summed E-state index contributed by atoms with van der Waals surface area (Å²) in [7, 11) is 1.61. The first kappa shape index (κ1) is 21.2. The van der Waals surface area contributed by atoms with Crippen molar-refractivity contribution in [3.05, 3.63) is 83.4 Å². The molecule has 3 aromatic rings. The van der Waals surface area contributed by atoms with Gasteiger partial charge in [-0.1, -0.05) is 35.9 Å². The van der Waals surface area contributed by atoms with Crippen LogP contribution in [0.25, 0.3) is 0 Å². The highest BCUT2D eigenvalue weighted by molar-refractivity contribution is 8.14. The third-order valence-electron chi connectivity index (χ3n) is 4.62. The van der Waals surface area contributed by atoms with Crippen molar-refractivity contribution in [3.63, 3.8) is 0 Å². The second-order valence-electron chi connectivity index (χ2n) is 6.80. The van der Waals surface area contributed by atoms with E-state index in [1.807, 2.05) is 72.8 Å². The van der Waals surface area contributed by atoms with Crippen LogP contribution < -0.4 is 10.1 Å². The van der Waals surface area contributed by atoms with E-state index >= 15 is 0 Å². The lowest BCUT2D eigenvalue weighted by molar-refractivity contribution is -0.113. The third kappa shape index (κ3) is 5.54. The summed E-state index contributed by atoms with van der Waals surface area (Å²) in [5.74, 6) is 0.897. The van der Waals surface area contributed by atoms with Gasteiger partial charge in [0.25, 0.3) is 0 Å². The molecule has 31 heavy (non-hydrogen) atoms. The highest BCUT2D eigenvalue weighted by Crippen LogP contribution is 2.33. The molecule has 1 aliphatic rings. The summed E-state index contributed by atoms with van der Waals surface area (Å²) >= 11 is 7.46. The molecule has 5 nitrogen and oxygen atoms in total. The Labute approximate surface area is 190 Å². The molecule has 0 fully saturated rings. The topological polar surface area (TPSA) is 63.0 Å². The first-order valence-electron chi connectivity index (χ1n) is 9.67. The van der Waals surface area contributed by atoms with Crippen molar-refractivity contribution in [3.8, 4) is 5.75 Å². The number of ether oxygens (including phenoxy) is 1. The zero-order valence-electron chi connectivity index (χ0n) is 16.8. The largest absolute Gasteiger partial charge is 0.497 e. The van der Waals surface area contributed by atoms with Crippen molar-refractivity contribution < 1.29 is 9.53 Å². The number of nitrogens with one attached hydrogen (secondary N) is 1. The zero-order chi connectivity index (χ0) is 21.6. The van der Waals surface area contributed by atoms with E-state index in [-0.39, 0.29) is 11.7 Å². The van der Waals surface area contributed by atoms with Crippen molar-refractivity contribution in [1.29, 1.82) is 0 Å². The minimum absolute atomic E-state index is 0.0969. The second kappa shape index (κ2) is 9.81. The molecule has 1 aliphatic heterocycles. The van der Waals surface area contributed by atoms with E-state index in [0.29, 0.717) is 11.4 Å². The Morgan fingerprint density at radius 1 is 1.00 bits per heavy atom. The minimum Gasteiger partial charge on any atom is -0.497 e. The average Bonchev–Trinajstić information content (AvgIpc) is 2.98. The van der Waals surface area contributed by atoms with Gasteiger partial charge in [-0.25, -0.2) is 4.99 Å². The van der Waals surface area contributed by atoms with E-state index in [1.165, 1.54) is 11.8 Å². The standard InChI is InChI=1S/C24H20ClN3O2S/c1-30-19-12-10-18(11-13-19)26-23(29)15-31-24-14-22(16-6-8-17(25)9-7-16)27-20-4-2-3-5-21(20)28-24/h2-13H,14-15H2,1H3,(H,26,29). The predicted octanol–water partition coefficient (Wildman–Crippen LogP) is 6.28. The molecule has 0 bridgehead atoms. The van der Waals surface area contributed by atoms with Gasteiger partial charge in [-0.05, 0) is 54.1 Å². The summed E-state index contributed by atoms with van der Waals surface area (Å²) in [5.41, 5.74) is 4.21. The van der Waals surface area contributed by atoms with Crippen LogP contribution in [0, 0.1) is 0 Å². The quantitative estimate of drug-likeness (QED) is 0.498. The summed E-state index contributed by atoms with van der Waals surface area (Å²) in [4.78, 5) is 22.1. The summed E-state index contributed by atoms with van der Waals surface area (Å²) in [5, 5.41) is 4.42. The van der Waals surface area contributed by atoms with Gasteiger partial charge >= 0.3 is 0 Å². The van der Waals surface area contributed by atoms with Gasteiger partial charge in [-0.15, -0.1) is 11.8 Å². The Morgan fingerprint density at radius 3 is 2.35 bits per heavy atom. The number of rotatable bonds is 5. The lowest BCUT2D eigenvalue weighted by Gasteiger charge is -2.09. The van der Waals surface area contributed by atoms with E-state index in [0.717, 1.165) is 39.1 Å². The summed E-state index contributed by atoms with van der Waals surface area (Å²) < 4.78 is 5.14. The molecular formula is C24H20ClN3O2S. The van der Waals surface area contributed by atoms with Gasteiger partial charge in [0.15, 0.2) is 0 Å². The number of hydrogen-bond acceptors (Lipinski definition) is 5. The number of thioether (sulfide) groups is 1. The number of hydrogen-bond donors (Lipinski definition) is 1. The van der Waals surface area contributed by atoms with Crippen molar-refractivity contribution in [2.45, 2.75) is 6.42 Å². The Kier molecular flexibility index (Phi) is 6.70. The highest BCUT2D eigenvalue weighted by Gasteiger charge is 2.16. The summed E-state index contributed by atoms with van der Waals surface area (Å²) in [6, 6.07) is 22.6. The maximum Gasteiger partial charge on any atom is 0.234 e. The minimum atomic E-state index is -0.0969. The molecule has 156 valence electrons. The van der Waals surface area contributed by atoms with Crippen molar-refractivity contribution in [2.75, 3.05) is 18.2 Å². The van der Waals surface area contributed by atoms with E-state index in [1.54, 1.807) is 7.11 Å². The second-order valence-corrected chi connectivity index (χ2v) is 8.29. The van der Waals surface area contributed by atoms with Gasteiger partial charge in [0.1, 0.15) is 5.75 Å². The zero-order valence-corrected chi connectivity index (χ0v) is 18.4. The number of carbonyl (C=O) groups is 1. The van der Waals surface area contributed by atoms with Crippen LogP contribution in [0.5, 0.6) is 5.75 Å². The smallest absolute Gasteiger partial charge is 0.234 e. The van der Waals surface area contributed by atoms with Crippen LogP contribution in [-0.2, 0) is 4.79 Å². The van der Waals surface area contributed by atoms with Gasteiger partial charge in [-0.2, -0.15) is 0 Å². The van der Waals surface area contributed by atoms with Crippen molar-refractivity contribution in [1.82, 2.24) is 0 Å². The van der Waals surface area contributed by atoms with Gasteiger partial charge < -0.3 is 10.1 Å². The molecule has 0 saturated heterocycles. The van der Waals surface area contributed by atoms with Gasteiger partial charge in [-0.3, -0.25) is 9.79 Å². The van der Waals surface area contributed by atoms with Gasteiger partial charge in [0.2, 0.25) is 5.91 Å². The maximum absolute atomic E-state index is 12.5. The molecule has 1 heterocycles. The first-order chi connectivity index (χ1) is 15.1. The Bertz CT molecular complexity index is 1140. The molecule has 3 aromatic carbocycles. The Hall–Kier alpha value is -3.09. The fraction of sp³-hybridized carbons (Fsp3) is 0.125. The molecule has 7 heteroatoms. The number of anilines is 1. The normalized spacial score (nSPS) is 12.8. The number of fused-ring (bicyclic) bond motifs is 1. The molecule has 0 unspecified atom stereocenters. The number of amides is 1. The lowest BCUT2D eigenvalue weighted by atomic mass is 10.1. The fourth-order valence-corrected chi connectivity index (χ4v) is 3.97. The predicted molar refractivity (Wildman–Crippen MR) is 130 cm³/mol. The van der Waals surface area contributed by atoms with Gasteiger partial charge in [0, 0.05) is 17.1 Å². The van der Waals surface area contributed by atoms with Crippen LogP contribution in [0.2, 0.25) is 5.02 Å². The third-order valence-corrected chi connectivity index (χ3v) is 5.85. The molecule has 1 amide bonds. The molecular weight excluding hydrogens is 430 g/mol. The summed E-state index contributed by atoms with van der Waals surface area (Å²) in [6.07, 6.45) is 0.538. The van der Waals surface area contributed by atoms with Crippen LogP contribution in [0.1, 0.15) is 12.0 Å². The molecule has 0 radical (unpaired) electrons. The Morgan fingerprint density at radius 2 is 1.68 bits per heavy atom. The summed E-state index contributed by atoms with van der Waals surface area (Å²) in [6.45, 7) is 0. The van der Waals surface area contributed by atoms with E-state index in [2.05, 4.69) is 5.32 Å². The molecule has 0 spiro atoms. The molecule has 0 saturated carbocycles. The average molecular weight is 450 g/mol. The van der Waals surface area contributed by atoms with Crippen molar-refractivity contribution in [2.24, 2.45) is 9.98 Å². The maximum atomic E-state index is 12.5. The first-order valence-corrected chi connectivity index (χ1v) is 11.0. The molecule has 0 atom stereocenters.